The van der Waals surface area contributed by atoms with E-state index in [9.17, 15) is 4.39 Å². The number of aryl methyl sites for hydroxylation is 1. The van der Waals surface area contributed by atoms with Gasteiger partial charge in [0.2, 0.25) is 0 Å². The zero-order valence-electron chi connectivity index (χ0n) is 9.37. The molecule has 1 N–H and O–H groups in total. The summed E-state index contributed by atoms with van der Waals surface area (Å²) in [6.45, 7) is 2.52. The predicted molar refractivity (Wildman–Crippen MR) is 67.7 cm³/mol. The molecular weight excluding hydrogens is 239 g/mol. The lowest BCUT2D eigenvalue weighted by Crippen LogP contribution is -2.01. The SMILES string of the molecule is Cc1cc(F)ccc1CNc1ccc(Cl)nc1. The van der Waals surface area contributed by atoms with Crippen molar-refractivity contribution in [1.82, 2.24) is 4.98 Å². The molecule has 2 aromatic rings. The van der Waals surface area contributed by atoms with Crippen LogP contribution in [0.15, 0.2) is 36.5 Å². The van der Waals surface area contributed by atoms with Crippen LogP contribution in [0.3, 0.4) is 0 Å². The van der Waals surface area contributed by atoms with Gasteiger partial charge in [-0.3, -0.25) is 0 Å². The first-order chi connectivity index (χ1) is 8.15. The lowest BCUT2D eigenvalue weighted by Gasteiger charge is -2.08. The minimum Gasteiger partial charge on any atom is -0.380 e. The molecule has 0 radical (unpaired) electrons. The molecule has 17 heavy (non-hydrogen) atoms. The van der Waals surface area contributed by atoms with E-state index in [-0.39, 0.29) is 5.82 Å². The molecule has 0 saturated heterocycles. The number of rotatable bonds is 3. The van der Waals surface area contributed by atoms with E-state index in [0.29, 0.717) is 11.7 Å². The van der Waals surface area contributed by atoms with Crippen LogP contribution in [0.2, 0.25) is 5.15 Å². The van der Waals surface area contributed by atoms with Gasteiger partial charge < -0.3 is 5.32 Å². The molecule has 0 aliphatic carbocycles. The normalized spacial score (nSPS) is 10.3. The summed E-state index contributed by atoms with van der Waals surface area (Å²) >= 11 is 5.69. The minimum absolute atomic E-state index is 0.209. The van der Waals surface area contributed by atoms with E-state index in [1.54, 1.807) is 18.3 Å². The number of hydrogen-bond donors (Lipinski definition) is 1. The largest absolute Gasteiger partial charge is 0.380 e. The number of nitrogens with one attached hydrogen (secondary N) is 1. The van der Waals surface area contributed by atoms with Crippen LogP contribution in [0.4, 0.5) is 10.1 Å². The van der Waals surface area contributed by atoms with Gasteiger partial charge in [0.1, 0.15) is 11.0 Å². The van der Waals surface area contributed by atoms with Gasteiger partial charge in [0.15, 0.2) is 0 Å². The van der Waals surface area contributed by atoms with E-state index in [1.165, 1.54) is 12.1 Å². The Labute approximate surface area is 104 Å². The average molecular weight is 251 g/mol. The molecule has 1 aromatic heterocycles. The first-order valence-electron chi connectivity index (χ1n) is 5.25. The van der Waals surface area contributed by atoms with Gasteiger partial charge in [0.25, 0.3) is 0 Å². The lowest BCUT2D eigenvalue weighted by atomic mass is 10.1. The van der Waals surface area contributed by atoms with Gasteiger partial charge in [0.05, 0.1) is 11.9 Å². The third-order valence-electron chi connectivity index (χ3n) is 2.51. The van der Waals surface area contributed by atoms with Crippen molar-refractivity contribution < 1.29 is 4.39 Å². The number of aromatic nitrogens is 1. The Morgan fingerprint density at radius 1 is 1.29 bits per heavy atom. The van der Waals surface area contributed by atoms with Crippen molar-refractivity contribution in [2.75, 3.05) is 5.32 Å². The summed E-state index contributed by atoms with van der Waals surface area (Å²) in [5.74, 6) is -0.209. The molecule has 0 aliphatic rings. The molecule has 1 aromatic carbocycles. The maximum absolute atomic E-state index is 12.9. The lowest BCUT2D eigenvalue weighted by molar-refractivity contribution is 0.625. The second kappa shape index (κ2) is 5.15. The van der Waals surface area contributed by atoms with Gasteiger partial charge in [-0.15, -0.1) is 0 Å². The molecular formula is C13H12ClFN2. The predicted octanol–water partition coefficient (Wildman–Crippen LogP) is 3.79. The van der Waals surface area contributed by atoms with Gasteiger partial charge in [-0.1, -0.05) is 17.7 Å². The summed E-state index contributed by atoms with van der Waals surface area (Å²) < 4.78 is 12.9. The van der Waals surface area contributed by atoms with Gasteiger partial charge in [0, 0.05) is 6.54 Å². The van der Waals surface area contributed by atoms with E-state index in [0.717, 1.165) is 16.8 Å². The van der Waals surface area contributed by atoms with Gasteiger partial charge in [-0.05, 0) is 42.3 Å². The van der Waals surface area contributed by atoms with E-state index < -0.39 is 0 Å². The van der Waals surface area contributed by atoms with Crippen molar-refractivity contribution >= 4 is 17.3 Å². The highest BCUT2D eigenvalue weighted by Gasteiger charge is 2.00. The minimum atomic E-state index is -0.209. The summed E-state index contributed by atoms with van der Waals surface area (Å²) in [6, 6.07) is 8.35. The molecule has 88 valence electrons. The Morgan fingerprint density at radius 2 is 2.12 bits per heavy atom. The zero-order valence-corrected chi connectivity index (χ0v) is 10.1. The summed E-state index contributed by atoms with van der Waals surface area (Å²) in [5, 5.41) is 3.67. The molecule has 0 unspecified atom stereocenters. The molecule has 4 heteroatoms. The Balaban J connectivity index is 2.04. The summed E-state index contributed by atoms with van der Waals surface area (Å²) in [4.78, 5) is 3.97. The highest BCUT2D eigenvalue weighted by Crippen LogP contribution is 2.14. The van der Waals surface area contributed by atoms with E-state index >= 15 is 0 Å². The second-order valence-corrected chi connectivity index (χ2v) is 4.18. The molecule has 2 rings (SSSR count). The third kappa shape index (κ3) is 3.17. The van der Waals surface area contributed by atoms with Crippen molar-refractivity contribution in [3.05, 3.63) is 58.6 Å². The van der Waals surface area contributed by atoms with E-state index in [2.05, 4.69) is 10.3 Å². The number of benzene rings is 1. The number of halogens is 2. The van der Waals surface area contributed by atoms with Crippen LogP contribution in [0.1, 0.15) is 11.1 Å². The Hall–Kier alpha value is -1.61. The fourth-order valence-corrected chi connectivity index (χ4v) is 1.65. The van der Waals surface area contributed by atoms with Gasteiger partial charge in [-0.25, -0.2) is 9.37 Å². The molecule has 0 bridgehead atoms. The summed E-state index contributed by atoms with van der Waals surface area (Å²) in [6.07, 6.45) is 1.67. The summed E-state index contributed by atoms with van der Waals surface area (Å²) in [5.41, 5.74) is 2.87. The van der Waals surface area contributed by atoms with Crippen LogP contribution in [0.5, 0.6) is 0 Å². The van der Waals surface area contributed by atoms with E-state index in [4.69, 9.17) is 11.6 Å². The van der Waals surface area contributed by atoms with Crippen LogP contribution in [-0.4, -0.2) is 4.98 Å². The first-order valence-corrected chi connectivity index (χ1v) is 5.63. The fraction of sp³-hybridized carbons (Fsp3) is 0.154. The molecule has 0 atom stereocenters. The first kappa shape index (κ1) is 11.9. The van der Waals surface area contributed by atoms with Crippen molar-refractivity contribution in [1.29, 1.82) is 0 Å². The van der Waals surface area contributed by atoms with Crippen molar-refractivity contribution in [3.63, 3.8) is 0 Å². The maximum Gasteiger partial charge on any atom is 0.129 e. The smallest absolute Gasteiger partial charge is 0.129 e. The monoisotopic (exact) mass is 250 g/mol. The topological polar surface area (TPSA) is 24.9 Å². The number of pyridine rings is 1. The van der Waals surface area contributed by atoms with Crippen LogP contribution in [0.25, 0.3) is 0 Å². The molecule has 0 amide bonds. The Bertz CT molecular complexity index is 511. The molecule has 2 nitrogen and oxygen atoms in total. The molecule has 0 spiro atoms. The van der Waals surface area contributed by atoms with Crippen LogP contribution >= 0.6 is 11.6 Å². The highest BCUT2D eigenvalue weighted by atomic mass is 35.5. The zero-order chi connectivity index (χ0) is 12.3. The highest BCUT2D eigenvalue weighted by molar-refractivity contribution is 6.29. The number of anilines is 1. The quantitative estimate of drug-likeness (QED) is 0.839. The number of hydrogen-bond acceptors (Lipinski definition) is 2. The van der Waals surface area contributed by atoms with Crippen molar-refractivity contribution in [2.24, 2.45) is 0 Å². The standard InChI is InChI=1S/C13H12ClFN2/c1-9-6-11(15)3-2-10(9)7-16-12-4-5-13(14)17-8-12/h2-6,8,16H,7H2,1H3. The fourth-order valence-electron chi connectivity index (χ4n) is 1.54. The number of nitrogens with zero attached hydrogens (tertiary/aromatic N) is 1. The van der Waals surface area contributed by atoms with Crippen LogP contribution in [0, 0.1) is 12.7 Å². The molecule has 1 heterocycles. The van der Waals surface area contributed by atoms with Gasteiger partial charge in [-0.2, -0.15) is 0 Å². The van der Waals surface area contributed by atoms with Crippen LogP contribution < -0.4 is 5.32 Å². The molecule has 0 saturated carbocycles. The Kier molecular flexibility index (Phi) is 3.59. The maximum atomic E-state index is 12.9. The average Bonchev–Trinajstić information content (AvgIpc) is 2.30. The van der Waals surface area contributed by atoms with E-state index in [1.807, 2.05) is 13.0 Å². The summed E-state index contributed by atoms with van der Waals surface area (Å²) in [7, 11) is 0. The van der Waals surface area contributed by atoms with Gasteiger partial charge >= 0.3 is 0 Å². The molecule has 0 aliphatic heterocycles. The third-order valence-corrected chi connectivity index (χ3v) is 2.74. The van der Waals surface area contributed by atoms with Crippen molar-refractivity contribution in [3.8, 4) is 0 Å². The van der Waals surface area contributed by atoms with Crippen LogP contribution in [-0.2, 0) is 6.54 Å². The van der Waals surface area contributed by atoms with Crippen molar-refractivity contribution in [2.45, 2.75) is 13.5 Å². The second-order valence-electron chi connectivity index (χ2n) is 3.79. The Morgan fingerprint density at radius 3 is 2.76 bits per heavy atom. The molecule has 0 fully saturated rings.